The third-order valence-electron chi connectivity index (χ3n) is 2.16. The summed E-state index contributed by atoms with van der Waals surface area (Å²) in [5.41, 5.74) is 0.528. The first-order chi connectivity index (χ1) is 8.11. The molecule has 0 aliphatic carbocycles. The molecule has 17 heavy (non-hydrogen) atoms. The second kappa shape index (κ2) is 4.20. The lowest BCUT2D eigenvalue weighted by Gasteiger charge is -1.96. The van der Waals surface area contributed by atoms with E-state index in [1.54, 1.807) is 6.92 Å². The number of nitrogens with zero attached hydrogens (tertiary/aromatic N) is 2. The van der Waals surface area contributed by atoms with Gasteiger partial charge in [-0.3, -0.25) is 10.1 Å². The number of aromatic amines is 1. The number of H-pyrrole nitrogens is 1. The van der Waals surface area contributed by atoms with E-state index in [0.29, 0.717) is 11.0 Å². The second-order valence-electron chi connectivity index (χ2n) is 3.29. The number of aromatic nitrogens is 2. The van der Waals surface area contributed by atoms with Crippen LogP contribution in [0.25, 0.3) is 11.0 Å². The van der Waals surface area contributed by atoms with Crippen LogP contribution >= 0.6 is 0 Å². The third-order valence-corrected chi connectivity index (χ3v) is 2.16. The fourth-order valence-corrected chi connectivity index (χ4v) is 1.42. The van der Waals surface area contributed by atoms with Gasteiger partial charge in [0.05, 0.1) is 11.5 Å². The van der Waals surface area contributed by atoms with Crippen LogP contribution < -0.4 is 0 Å². The highest BCUT2D eigenvalue weighted by Gasteiger charge is 2.13. The number of rotatable bonds is 3. The summed E-state index contributed by atoms with van der Waals surface area (Å²) in [5.74, 6) is -0.506. The smallest absolute Gasteiger partial charge is 0.354 e. The molecule has 0 saturated heterocycles. The van der Waals surface area contributed by atoms with E-state index in [0.717, 1.165) is 6.20 Å². The zero-order valence-electron chi connectivity index (χ0n) is 8.97. The molecule has 7 nitrogen and oxygen atoms in total. The Kier molecular flexibility index (Phi) is 2.73. The van der Waals surface area contributed by atoms with Crippen LogP contribution in [0.3, 0.4) is 0 Å². The fraction of sp³-hybridized carbons (Fsp3) is 0.200. The summed E-state index contributed by atoms with van der Waals surface area (Å²) in [5, 5.41) is 11.1. The Morgan fingerprint density at radius 2 is 2.35 bits per heavy atom. The van der Waals surface area contributed by atoms with E-state index in [4.69, 9.17) is 4.74 Å². The highest BCUT2D eigenvalue weighted by molar-refractivity contribution is 5.94. The van der Waals surface area contributed by atoms with Crippen molar-refractivity contribution in [1.82, 2.24) is 9.97 Å². The number of carbonyl (C=O) groups excluding carboxylic acids is 1. The first-order valence-electron chi connectivity index (χ1n) is 4.92. The number of hydrogen-bond acceptors (Lipinski definition) is 5. The molecule has 2 aromatic rings. The Bertz CT molecular complexity index is 590. The number of nitro groups is 1. The van der Waals surface area contributed by atoms with Crippen molar-refractivity contribution in [2.45, 2.75) is 6.92 Å². The summed E-state index contributed by atoms with van der Waals surface area (Å²) in [6, 6.07) is 2.83. The third kappa shape index (κ3) is 2.07. The molecule has 0 amide bonds. The van der Waals surface area contributed by atoms with E-state index in [2.05, 4.69) is 9.97 Å². The minimum absolute atomic E-state index is 0.119. The van der Waals surface area contributed by atoms with E-state index in [9.17, 15) is 14.9 Å². The van der Waals surface area contributed by atoms with Gasteiger partial charge >= 0.3 is 5.97 Å². The van der Waals surface area contributed by atoms with E-state index in [1.807, 2.05) is 0 Å². The maximum Gasteiger partial charge on any atom is 0.354 e. The van der Waals surface area contributed by atoms with Gasteiger partial charge < -0.3 is 9.72 Å². The zero-order chi connectivity index (χ0) is 12.4. The monoisotopic (exact) mass is 235 g/mol. The van der Waals surface area contributed by atoms with Crippen molar-refractivity contribution in [1.29, 1.82) is 0 Å². The minimum Gasteiger partial charge on any atom is -0.461 e. The predicted octanol–water partition coefficient (Wildman–Crippen LogP) is 1.65. The maximum absolute atomic E-state index is 11.4. The summed E-state index contributed by atoms with van der Waals surface area (Å²) < 4.78 is 4.80. The van der Waals surface area contributed by atoms with Crippen LogP contribution in [-0.4, -0.2) is 27.5 Å². The number of pyridine rings is 1. The van der Waals surface area contributed by atoms with Gasteiger partial charge in [0.2, 0.25) is 0 Å². The average molecular weight is 235 g/mol. The number of fused-ring (bicyclic) bond motifs is 1. The highest BCUT2D eigenvalue weighted by Crippen LogP contribution is 2.19. The molecule has 0 atom stereocenters. The Morgan fingerprint density at radius 3 is 3.00 bits per heavy atom. The molecule has 0 unspecified atom stereocenters. The Hall–Kier alpha value is -2.44. The van der Waals surface area contributed by atoms with E-state index < -0.39 is 10.9 Å². The fourth-order valence-electron chi connectivity index (χ4n) is 1.42. The van der Waals surface area contributed by atoms with Crippen LogP contribution in [0.2, 0.25) is 0 Å². The largest absolute Gasteiger partial charge is 0.461 e. The topological polar surface area (TPSA) is 98.1 Å². The maximum atomic E-state index is 11.4. The first-order valence-corrected chi connectivity index (χ1v) is 4.92. The number of hydrogen-bond donors (Lipinski definition) is 1. The number of esters is 1. The molecule has 2 aromatic heterocycles. The zero-order valence-corrected chi connectivity index (χ0v) is 8.97. The lowest BCUT2D eigenvalue weighted by Crippen LogP contribution is -2.04. The molecule has 0 fully saturated rings. The van der Waals surface area contributed by atoms with Crippen molar-refractivity contribution in [3.63, 3.8) is 0 Å². The van der Waals surface area contributed by atoms with Crippen molar-refractivity contribution in [3.05, 3.63) is 34.1 Å². The van der Waals surface area contributed by atoms with Gasteiger partial charge in [-0.1, -0.05) is 0 Å². The molecule has 2 heterocycles. The quantitative estimate of drug-likeness (QED) is 0.495. The molecule has 7 heteroatoms. The van der Waals surface area contributed by atoms with Crippen molar-refractivity contribution in [2.24, 2.45) is 0 Å². The summed E-state index contributed by atoms with van der Waals surface area (Å²) in [6.45, 7) is 1.96. The lowest BCUT2D eigenvalue weighted by atomic mass is 10.3. The molecule has 88 valence electrons. The number of ether oxygens (including phenoxy) is 1. The van der Waals surface area contributed by atoms with Gasteiger partial charge in [0.15, 0.2) is 0 Å². The van der Waals surface area contributed by atoms with Crippen molar-refractivity contribution in [2.75, 3.05) is 6.61 Å². The second-order valence-corrected chi connectivity index (χ2v) is 3.29. The van der Waals surface area contributed by atoms with E-state index in [-0.39, 0.29) is 18.0 Å². The van der Waals surface area contributed by atoms with Gasteiger partial charge in [-0.05, 0) is 13.0 Å². The molecular formula is C10H9N3O4. The molecule has 0 bridgehead atoms. The molecule has 1 N–H and O–H groups in total. The summed E-state index contributed by atoms with van der Waals surface area (Å²) in [6.07, 6.45) is 1.13. The molecule has 0 radical (unpaired) electrons. The van der Waals surface area contributed by atoms with Crippen LogP contribution in [0, 0.1) is 10.1 Å². The lowest BCUT2D eigenvalue weighted by molar-refractivity contribution is -0.385. The van der Waals surface area contributed by atoms with Crippen molar-refractivity contribution >= 4 is 22.7 Å². The number of nitrogens with one attached hydrogen (secondary N) is 1. The average Bonchev–Trinajstić information content (AvgIpc) is 2.71. The molecule has 2 rings (SSSR count). The van der Waals surface area contributed by atoms with Crippen LogP contribution in [0.15, 0.2) is 18.3 Å². The highest BCUT2D eigenvalue weighted by atomic mass is 16.6. The van der Waals surface area contributed by atoms with Gasteiger partial charge in [0.1, 0.15) is 17.5 Å². The molecule has 0 aliphatic rings. The molecule has 0 aliphatic heterocycles. The SMILES string of the molecule is CCOC(=O)c1cc2cc([N+](=O)[O-])cnc2[nH]1. The molecule has 0 saturated carbocycles. The summed E-state index contributed by atoms with van der Waals surface area (Å²) >= 11 is 0. The Morgan fingerprint density at radius 1 is 1.59 bits per heavy atom. The summed E-state index contributed by atoms with van der Waals surface area (Å²) in [7, 11) is 0. The standard InChI is InChI=1S/C10H9N3O4/c1-2-17-10(14)8-4-6-3-7(13(15)16)5-11-9(6)12-8/h3-5H,2H2,1H3,(H,11,12). The van der Waals surface area contributed by atoms with Gasteiger partial charge in [-0.2, -0.15) is 0 Å². The van der Waals surface area contributed by atoms with Gasteiger partial charge in [0.25, 0.3) is 5.69 Å². The Balaban J connectivity index is 2.43. The van der Waals surface area contributed by atoms with Crippen LogP contribution in [0.1, 0.15) is 17.4 Å². The predicted molar refractivity (Wildman–Crippen MR) is 58.7 cm³/mol. The molecule has 0 spiro atoms. The van der Waals surface area contributed by atoms with Crippen LogP contribution in [0.5, 0.6) is 0 Å². The van der Waals surface area contributed by atoms with Crippen LogP contribution in [0.4, 0.5) is 5.69 Å². The van der Waals surface area contributed by atoms with Crippen LogP contribution in [-0.2, 0) is 4.74 Å². The van der Waals surface area contributed by atoms with Crippen molar-refractivity contribution in [3.8, 4) is 0 Å². The molecule has 0 aromatic carbocycles. The van der Waals surface area contributed by atoms with Gasteiger partial charge in [-0.15, -0.1) is 0 Å². The first kappa shape index (κ1) is 11.1. The van der Waals surface area contributed by atoms with E-state index in [1.165, 1.54) is 12.1 Å². The number of carbonyl (C=O) groups is 1. The van der Waals surface area contributed by atoms with Crippen molar-refractivity contribution < 1.29 is 14.5 Å². The summed E-state index contributed by atoms with van der Waals surface area (Å²) in [4.78, 5) is 28.0. The minimum atomic E-state index is -0.538. The van der Waals surface area contributed by atoms with E-state index >= 15 is 0 Å². The normalized spacial score (nSPS) is 10.4. The van der Waals surface area contributed by atoms with Gasteiger partial charge in [0, 0.05) is 11.5 Å². The Labute approximate surface area is 95.6 Å². The van der Waals surface area contributed by atoms with Gasteiger partial charge in [-0.25, -0.2) is 9.78 Å². The molecular weight excluding hydrogens is 226 g/mol.